The molecule has 0 unspecified atom stereocenters. The first kappa shape index (κ1) is 33.5. The van der Waals surface area contributed by atoms with Gasteiger partial charge in [-0.1, -0.05) is 66.3 Å². The number of hydrogen-bond donors (Lipinski definition) is 1. The Morgan fingerprint density at radius 2 is 1.90 bits per heavy atom. The Hall–Kier alpha value is -4.03. The number of fused-ring (bicyclic) bond motifs is 2. The van der Waals surface area contributed by atoms with Crippen LogP contribution in [0.2, 0.25) is 23.7 Å². The summed E-state index contributed by atoms with van der Waals surface area (Å²) in [6, 6.07) is 21.9. The van der Waals surface area contributed by atoms with E-state index in [9.17, 15) is 9.90 Å². The number of amides is 2. The third kappa shape index (κ3) is 5.76. The molecule has 0 radical (unpaired) electrons. The first-order chi connectivity index (χ1) is 23.6. The van der Waals surface area contributed by atoms with Crippen molar-refractivity contribution in [2.45, 2.75) is 69.6 Å². The average Bonchev–Trinajstić information content (AvgIpc) is 3.73. The number of methoxy groups -OCH3 is 1. The fraction of sp³-hybridized carbons (Fsp3) is 0.405. The van der Waals surface area contributed by atoms with Crippen molar-refractivity contribution in [1.29, 1.82) is 0 Å². The van der Waals surface area contributed by atoms with Gasteiger partial charge in [-0.2, -0.15) is 0 Å². The third-order valence-corrected chi connectivity index (χ3v) is 15.4. The Labute approximate surface area is 292 Å². The number of rotatable bonds is 11. The molecule has 256 valence electrons. The number of halogens is 1. The van der Waals surface area contributed by atoms with E-state index in [1.807, 2.05) is 65.7 Å². The highest BCUT2D eigenvalue weighted by atomic mass is 35.5. The van der Waals surface area contributed by atoms with Gasteiger partial charge in [-0.15, -0.1) is 5.10 Å². The molecular formula is C37H42ClN5O5Si. The second-order valence-electron chi connectivity index (χ2n) is 13.9. The molecule has 1 spiro atoms. The number of carbonyl (C=O) groups excluding carboxylic acids is 2. The summed E-state index contributed by atoms with van der Waals surface area (Å²) in [4.78, 5) is 30.9. The number of aryl methyl sites for hydroxylation is 1. The van der Waals surface area contributed by atoms with Crippen LogP contribution in [0.15, 0.2) is 72.9 Å². The number of ether oxygens (including phenoxy) is 2. The van der Waals surface area contributed by atoms with E-state index < -0.39 is 13.7 Å². The molecule has 4 heterocycles. The molecule has 3 aromatic carbocycles. The van der Waals surface area contributed by atoms with Crippen LogP contribution in [-0.4, -0.2) is 66.4 Å². The van der Waals surface area contributed by atoms with Crippen LogP contribution in [0.4, 0.5) is 11.4 Å². The van der Waals surface area contributed by atoms with E-state index in [4.69, 9.17) is 21.1 Å². The molecule has 3 aliphatic heterocycles. The minimum Gasteiger partial charge on any atom is -0.497 e. The van der Waals surface area contributed by atoms with Crippen molar-refractivity contribution in [3.63, 3.8) is 0 Å². The van der Waals surface area contributed by atoms with Crippen LogP contribution in [0, 0.1) is 5.92 Å². The van der Waals surface area contributed by atoms with E-state index in [-0.39, 0.29) is 36.0 Å². The van der Waals surface area contributed by atoms with Crippen molar-refractivity contribution < 1.29 is 24.2 Å². The number of hydrogen-bond acceptors (Lipinski definition) is 7. The molecule has 10 nitrogen and oxygen atoms in total. The number of nitrogens with zero attached hydrogens (tertiary/aromatic N) is 5. The molecule has 0 saturated carbocycles. The van der Waals surface area contributed by atoms with Crippen LogP contribution in [0.5, 0.6) is 5.75 Å². The summed E-state index contributed by atoms with van der Waals surface area (Å²) in [5.41, 5.74) is 2.92. The van der Waals surface area contributed by atoms with Crippen LogP contribution < -0.4 is 19.7 Å². The number of β-lactam (4-membered cyclic amide) rings is 1. The normalized spacial score (nSPS) is 23.3. The van der Waals surface area contributed by atoms with Gasteiger partial charge in [-0.25, -0.2) is 0 Å². The highest BCUT2D eigenvalue weighted by Gasteiger charge is 2.66. The largest absolute Gasteiger partial charge is 0.497 e. The van der Waals surface area contributed by atoms with Crippen molar-refractivity contribution in [3.8, 4) is 5.75 Å². The molecule has 12 heteroatoms. The van der Waals surface area contributed by atoms with Gasteiger partial charge >= 0.3 is 0 Å². The summed E-state index contributed by atoms with van der Waals surface area (Å²) in [5, 5.41) is 19.7. The van der Waals surface area contributed by atoms with Crippen LogP contribution in [0.3, 0.4) is 0 Å². The summed E-state index contributed by atoms with van der Waals surface area (Å²) < 4.78 is 14.5. The van der Waals surface area contributed by atoms with Crippen molar-refractivity contribution in [2.24, 2.45) is 5.92 Å². The molecule has 2 amide bonds. The fourth-order valence-corrected chi connectivity index (χ4v) is 12.5. The lowest BCUT2D eigenvalue weighted by Gasteiger charge is -2.37. The predicted molar refractivity (Wildman–Crippen MR) is 191 cm³/mol. The summed E-state index contributed by atoms with van der Waals surface area (Å²) in [6.45, 7) is 8.49. The Morgan fingerprint density at radius 3 is 2.59 bits per heavy atom. The zero-order chi connectivity index (χ0) is 34.5. The standard InChI is InChI=1S/C37H42ClN5O5Si/c1-24-35(49(3,4)30-11-9-29(47-2)10-12-30)33(14-17-41-23-27(16-19-44)39-40-41)48-37(24)31-21-26(38)8-13-32(31)43(36(37)46)22-25-6-5-7-28(20-25)42-18-15-34(42)45/h5-13,20-21,23-24,33,35,44H,14-19,22H2,1-4H3/t24-,33+,35-,37+/m1/s1. The van der Waals surface area contributed by atoms with Gasteiger partial charge in [0.05, 0.1) is 39.2 Å². The lowest BCUT2D eigenvalue weighted by atomic mass is 9.82. The van der Waals surface area contributed by atoms with E-state index in [1.54, 1.807) is 16.7 Å². The molecule has 0 aliphatic carbocycles. The average molecular weight is 700 g/mol. The van der Waals surface area contributed by atoms with Gasteiger partial charge in [0, 0.05) is 60.9 Å². The Balaban J connectivity index is 1.27. The highest BCUT2D eigenvalue weighted by molar-refractivity contribution is 6.91. The van der Waals surface area contributed by atoms with Gasteiger partial charge in [-0.3, -0.25) is 14.3 Å². The van der Waals surface area contributed by atoms with Crippen LogP contribution in [-0.2, 0) is 39.4 Å². The van der Waals surface area contributed by atoms with Crippen molar-refractivity contribution in [2.75, 3.05) is 30.1 Å². The second kappa shape index (κ2) is 13.0. The predicted octanol–water partition coefficient (Wildman–Crippen LogP) is 5.06. The van der Waals surface area contributed by atoms with E-state index in [1.165, 1.54) is 5.19 Å². The summed E-state index contributed by atoms with van der Waals surface area (Å²) in [7, 11) is -0.665. The summed E-state index contributed by atoms with van der Waals surface area (Å²) >= 11 is 6.67. The van der Waals surface area contributed by atoms with Gasteiger partial charge in [-0.05, 0) is 60.0 Å². The molecule has 3 aliphatic rings. The monoisotopic (exact) mass is 699 g/mol. The molecule has 1 N–H and O–H groups in total. The van der Waals surface area contributed by atoms with E-state index in [0.717, 1.165) is 33.9 Å². The highest BCUT2D eigenvalue weighted by Crippen LogP contribution is 2.60. The van der Waals surface area contributed by atoms with E-state index in [0.29, 0.717) is 43.9 Å². The van der Waals surface area contributed by atoms with Gasteiger partial charge in [0.1, 0.15) is 5.75 Å². The molecule has 2 fully saturated rings. The lowest BCUT2D eigenvalue weighted by molar-refractivity contribution is -0.146. The fourth-order valence-electron chi connectivity index (χ4n) is 8.24. The number of aliphatic hydroxyl groups is 1. The smallest absolute Gasteiger partial charge is 0.264 e. The van der Waals surface area contributed by atoms with Crippen molar-refractivity contribution >= 4 is 48.1 Å². The minimum absolute atomic E-state index is 0.00937. The number of aliphatic hydroxyl groups excluding tert-OH is 1. The Bertz CT molecular complexity index is 1880. The SMILES string of the molecule is COc1ccc([Si](C)(C)[C@H]2[C@H](CCn3cc(CCO)nn3)O[C@@]3(C(=O)N(Cc4cccc(N5CCC5=O)c4)c4ccc(Cl)cc43)[C@@H]2C)cc1. The Morgan fingerprint density at radius 1 is 1.10 bits per heavy atom. The summed E-state index contributed by atoms with van der Waals surface area (Å²) in [6.07, 6.45) is 3.23. The first-order valence-electron chi connectivity index (χ1n) is 16.9. The molecule has 4 atom stereocenters. The van der Waals surface area contributed by atoms with Gasteiger partial charge in [0.2, 0.25) is 5.91 Å². The molecule has 7 rings (SSSR count). The molecule has 1 aromatic heterocycles. The number of carbonyl (C=O) groups is 2. The van der Waals surface area contributed by atoms with Crippen molar-refractivity contribution in [3.05, 3.63) is 94.8 Å². The van der Waals surface area contributed by atoms with Gasteiger partial charge < -0.3 is 24.4 Å². The van der Waals surface area contributed by atoms with Crippen LogP contribution in [0.25, 0.3) is 0 Å². The number of benzene rings is 3. The molecule has 2 saturated heterocycles. The topological polar surface area (TPSA) is 110 Å². The zero-order valence-corrected chi connectivity index (χ0v) is 30.1. The molecule has 49 heavy (non-hydrogen) atoms. The zero-order valence-electron chi connectivity index (χ0n) is 28.3. The lowest BCUT2D eigenvalue weighted by Crippen LogP contribution is -2.51. The van der Waals surface area contributed by atoms with Gasteiger partial charge in [0.25, 0.3) is 5.91 Å². The maximum absolute atomic E-state index is 15.1. The molecular weight excluding hydrogens is 658 g/mol. The van der Waals surface area contributed by atoms with Gasteiger partial charge in [0.15, 0.2) is 5.60 Å². The van der Waals surface area contributed by atoms with Crippen LogP contribution >= 0.6 is 11.6 Å². The molecule has 0 bridgehead atoms. The maximum atomic E-state index is 15.1. The first-order valence-corrected chi connectivity index (χ1v) is 20.4. The van der Waals surface area contributed by atoms with E-state index >= 15 is 4.79 Å². The summed E-state index contributed by atoms with van der Waals surface area (Å²) in [5.74, 6) is 0.634. The Kier molecular flexibility index (Phi) is 8.89. The molecule has 4 aromatic rings. The number of aromatic nitrogens is 3. The third-order valence-electron chi connectivity index (χ3n) is 10.8. The maximum Gasteiger partial charge on any atom is 0.264 e. The van der Waals surface area contributed by atoms with E-state index in [2.05, 4.69) is 42.5 Å². The van der Waals surface area contributed by atoms with Crippen molar-refractivity contribution in [1.82, 2.24) is 15.0 Å². The second-order valence-corrected chi connectivity index (χ2v) is 19.0. The quantitative estimate of drug-likeness (QED) is 0.172. The van der Waals surface area contributed by atoms with Crippen LogP contribution in [0.1, 0.15) is 36.6 Å². The number of anilines is 2. The minimum atomic E-state index is -2.33.